The summed E-state index contributed by atoms with van der Waals surface area (Å²) >= 11 is 0. The second-order valence-electron chi connectivity index (χ2n) is 18.9. The standard InChI is InChI=1S/C50H55BN2Si/c1-32-16-15-17-33(2)47(32)53-43-27-25-39(54-38-18-13-12-14-19-38)31-41(43)51-40-28-35(49(6,7)8)22-26-42(40)52(37-23-20-34(21-24-37)48(3,4)5)44-29-36(50(9,10)11)30-45(53)46(44)51/h12-31H,54H2,1-11H3. The Morgan fingerprint density at radius 1 is 0.444 bits per heavy atom. The fourth-order valence-electron chi connectivity index (χ4n) is 8.68. The highest BCUT2D eigenvalue weighted by atomic mass is 28.2. The number of benzene rings is 6. The van der Waals surface area contributed by atoms with Crippen molar-refractivity contribution in [3.05, 3.63) is 149 Å². The van der Waals surface area contributed by atoms with Crippen LogP contribution >= 0.6 is 0 Å². The van der Waals surface area contributed by atoms with Crippen LogP contribution in [0.25, 0.3) is 0 Å². The summed E-state index contributed by atoms with van der Waals surface area (Å²) in [4.78, 5) is 5.20. The van der Waals surface area contributed by atoms with E-state index in [-0.39, 0.29) is 23.0 Å². The summed E-state index contributed by atoms with van der Waals surface area (Å²) in [6, 6.07) is 47.1. The Morgan fingerprint density at radius 2 is 0.981 bits per heavy atom. The highest BCUT2D eigenvalue weighted by Crippen LogP contribution is 2.47. The lowest BCUT2D eigenvalue weighted by molar-refractivity contribution is 0.589. The van der Waals surface area contributed by atoms with Crippen molar-refractivity contribution < 1.29 is 0 Å². The van der Waals surface area contributed by atoms with Crippen LogP contribution in [0.15, 0.2) is 121 Å². The molecule has 2 heterocycles. The number of nitrogens with zero attached hydrogens (tertiary/aromatic N) is 2. The van der Waals surface area contributed by atoms with E-state index in [1.807, 2.05) is 0 Å². The van der Waals surface area contributed by atoms with Gasteiger partial charge in [-0.3, -0.25) is 0 Å². The van der Waals surface area contributed by atoms with E-state index in [2.05, 4.69) is 207 Å². The van der Waals surface area contributed by atoms with Gasteiger partial charge in [0.15, 0.2) is 0 Å². The molecule has 0 radical (unpaired) electrons. The molecule has 6 aromatic rings. The van der Waals surface area contributed by atoms with Crippen molar-refractivity contribution in [3.8, 4) is 0 Å². The lowest BCUT2D eigenvalue weighted by atomic mass is 9.33. The van der Waals surface area contributed by atoms with Gasteiger partial charge >= 0.3 is 0 Å². The predicted octanol–water partition coefficient (Wildman–Crippen LogP) is 9.40. The van der Waals surface area contributed by atoms with Crippen molar-refractivity contribution in [2.45, 2.75) is 92.4 Å². The SMILES string of the molecule is Cc1cccc(C)c1N1c2ccc([SiH2]c3ccccc3)cc2B2c3cc(C(C)(C)C)ccc3N(c3ccc(C(C)(C)C)cc3)c3cc(C(C)(C)C)cc1c32. The molecular formula is C50H55BN2Si. The predicted molar refractivity (Wildman–Crippen MR) is 240 cm³/mol. The van der Waals surface area contributed by atoms with Crippen LogP contribution in [0, 0.1) is 13.8 Å². The van der Waals surface area contributed by atoms with Crippen LogP contribution < -0.4 is 36.6 Å². The van der Waals surface area contributed by atoms with Gasteiger partial charge in [0.1, 0.15) is 0 Å². The van der Waals surface area contributed by atoms with Crippen LogP contribution in [0.1, 0.15) is 90.1 Å². The quantitative estimate of drug-likeness (QED) is 0.167. The molecule has 2 aliphatic rings. The van der Waals surface area contributed by atoms with Gasteiger partial charge in [0.25, 0.3) is 6.71 Å². The van der Waals surface area contributed by atoms with Crippen LogP contribution in [0.5, 0.6) is 0 Å². The average molecular weight is 723 g/mol. The Kier molecular flexibility index (Phi) is 8.65. The molecule has 0 bridgehead atoms. The van der Waals surface area contributed by atoms with E-state index in [4.69, 9.17) is 0 Å². The fraction of sp³-hybridized carbons (Fsp3) is 0.280. The molecule has 54 heavy (non-hydrogen) atoms. The lowest BCUT2D eigenvalue weighted by Crippen LogP contribution is -2.62. The molecule has 0 atom stereocenters. The molecule has 4 heteroatoms. The largest absolute Gasteiger partial charge is 0.311 e. The first kappa shape index (κ1) is 36.2. The van der Waals surface area contributed by atoms with Gasteiger partial charge in [0.05, 0.1) is 15.2 Å². The summed E-state index contributed by atoms with van der Waals surface area (Å²) in [7, 11) is -0.685. The molecule has 8 rings (SSSR count). The van der Waals surface area contributed by atoms with E-state index >= 15 is 0 Å². The number of para-hydroxylation sites is 1. The highest BCUT2D eigenvalue weighted by molar-refractivity contribution is 7.00. The summed E-state index contributed by atoms with van der Waals surface area (Å²) in [6.45, 7) is 25.6. The summed E-state index contributed by atoms with van der Waals surface area (Å²) in [6.07, 6.45) is 0. The maximum absolute atomic E-state index is 2.62. The van der Waals surface area contributed by atoms with Crippen LogP contribution in [-0.2, 0) is 16.2 Å². The van der Waals surface area contributed by atoms with Crippen LogP contribution in [-0.4, -0.2) is 16.2 Å². The van der Waals surface area contributed by atoms with Gasteiger partial charge in [-0.05, 0) is 111 Å². The molecule has 0 aliphatic carbocycles. The van der Waals surface area contributed by atoms with Crippen LogP contribution in [0.2, 0.25) is 0 Å². The molecule has 0 spiro atoms. The van der Waals surface area contributed by atoms with E-state index in [0.29, 0.717) is 0 Å². The monoisotopic (exact) mass is 722 g/mol. The van der Waals surface area contributed by atoms with Crippen LogP contribution in [0.3, 0.4) is 0 Å². The van der Waals surface area contributed by atoms with E-state index < -0.39 is 9.52 Å². The second kappa shape index (κ2) is 12.9. The lowest BCUT2D eigenvalue weighted by Gasteiger charge is -2.46. The summed E-state index contributed by atoms with van der Waals surface area (Å²) < 4.78 is 0. The first-order chi connectivity index (χ1) is 25.5. The molecule has 0 saturated carbocycles. The van der Waals surface area contributed by atoms with Gasteiger partial charge < -0.3 is 9.80 Å². The first-order valence-corrected chi connectivity index (χ1v) is 21.2. The van der Waals surface area contributed by atoms with Gasteiger partial charge in [0.2, 0.25) is 0 Å². The van der Waals surface area contributed by atoms with Crippen molar-refractivity contribution in [1.29, 1.82) is 0 Å². The molecule has 6 aromatic carbocycles. The van der Waals surface area contributed by atoms with Crippen LogP contribution in [0.4, 0.5) is 34.1 Å². The van der Waals surface area contributed by atoms with Gasteiger partial charge in [0, 0.05) is 28.4 Å². The normalized spacial score (nSPS) is 14.0. The molecule has 2 nitrogen and oxygen atoms in total. The van der Waals surface area contributed by atoms with E-state index in [1.165, 1.54) is 88.7 Å². The number of hydrogen-bond acceptors (Lipinski definition) is 2. The molecule has 0 fully saturated rings. The van der Waals surface area contributed by atoms with E-state index in [9.17, 15) is 0 Å². The van der Waals surface area contributed by atoms with E-state index in [0.717, 1.165) is 0 Å². The van der Waals surface area contributed by atoms with Crippen molar-refractivity contribution in [3.63, 3.8) is 0 Å². The third-order valence-electron chi connectivity index (χ3n) is 11.8. The minimum absolute atomic E-state index is 0.0112. The molecule has 0 aromatic heterocycles. The summed E-state index contributed by atoms with van der Waals surface area (Å²) in [5, 5.41) is 2.95. The number of hydrogen-bond donors (Lipinski definition) is 0. The molecule has 0 amide bonds. The third kappa shape index (κ3) is 6.23. The number of aryl methyl sites for hydroxylation is 2. The van der Waals surface area contributed by atoms with Crippen molar-refractivity contribution in [2.75, 3.05) is 9.80 Å². The zero-order chi connectivity index (χ0) is 38.3. The second-order valence-corrected chi connectivity index (χ2v) is 20.9. The van der Waals surface area contributed by atoms with Crippen molar-refractivity contribution in [2.24, 2.45) is 0 Å². The van der Waals surface area contributed by atoms with Crippen molar-refractivity contribution >= 4 is 77.1 Å². The fourth-order valence-corrected chi connectivity index (χ4v) is 10.2. The van der Waals surface area contributed by atoms with Gasteiger partial charge in [-0.15, -0.1) is 0 Å². The Morgan fingerprint density at radius 3 is 1.59 bits per heavy atom. The Hall–Kier alpha value is -4.80. The van der Waals surface area contributed by atoms with E-state index in [1.54, 1.807) is 0 Å². The molecule has 0 saturated heterocycles. The minimum Gasteiger partial charge on any atom is -0.311 e. The molecule has 272 valence electrons. The Balaban J connectivity index is 1.49. The Labute approximate surface area is 327 Å². The smallest absolute Gasteiger partial charge is 0.252 e. The molecule has 0 N–H and O–H groups in total. The zero-order valence-electron chi connectivity index (χ0n) is 34.2. The topological polar surface area (TPSA) is 6.48 Å². The van der Waals surface area contributed by atoms with Crippen molar-refractivity contribution in [1.82, 2.24) is 0 Å². The summed E-state index contributed by atoms with van der Waals surface area (Å²) in [5.41, 5.74) is 18.5. The minimum atomic E-state index is -0.685. The highest BCUT2D eigenvalue weighted by Gasteiger charge is 2.45. The third-order valence-corrected chi connectivity index (χ3v) is 13.5. The molecule has 2 aliphatic heterocycles. The number of fused-ring (bicyclic) bond motifs is 4. The number of anilines is 6. The summed E-state index contributed by atoms with van der Waals surface area (Å²) in [5.74, 6) is 0. The maximum atomic E-state index is 2.62. The zero-order valence-corrected chi connectivity index (χ0v) is 35.6. The molecular weight excluding hydrogens is 667 g/mol. The Bertz CT molecular complexity index is 2370. The van der Waals surface area contributed by atoms with Gasteiger partial charge in [-0.2, -0.15) is 0 Å². The van der Waals surface area contributed by atoms with Gasteiger partial charge in [-0.1, -0.05) is 158 Å². The maximum Gasteiger partial charge on any atom is 0.252 e. The average Bonchev–Trinajstić information content (AvgIpc) is 3.11. The first-order valence-electron chi connectivity index (χ1n) is 19.8. The van der Waals surface area contributed by atoms with Gasteiger partial charge in [-0.25, -0.2) is 0 Å². The molecule has 0 unspecified atom stereocenters. The number of rotatable bonds is 4.